The minimum Gasteiger partial charge on any atom is -0.744 e. The van der Waals surface area contributed by atoms with Crippen molar-refractivity contribution in [1.82, 2.24) is 0 Å². The number of aromatic hydroxyl groups is 1. The van der Waals surface area contributed by atoms with Crippen LogP contribution >= 0.6 is 0 Å². The largest absolute Gasteiger partial charge is 1.00 e. The van der Waals surface area contributed by atoms with Gasteiger partial charge < -0.3 is 9.66 Å². The van der Waals surface area contributed by atoms with Gasteiger partial charge in [-0.25, -0.2) is 8.42 Å². The van der Waals surface area contributed by atoms with Crippen molar-refractivity contribution in [2.75, 3.05) is 0 Å². The van der Waals surface area contributed by atoms with Crippen LogP contribution < -0.4 is 29.6 Å². The molecular formula is C10H13NaO4S. The molecule has 0 saturated heterocycles. The predicted molar refractivity (Wildman–Crippen MR) is 54.8 cm³/mol. The summed E-state index contributed by atoms with van der Waals surface area (Å²) in [6.07, 6.45) is 0. The van der Waals surface area contributed by atoms with Crippen molar-refractivity contribution >= 4 is 10.1 Å². The van der Waals surface area contributed by atoms with Crippen molar-refractivity contribution in [2.24, 2.45) is 0 Å². The Morgan fingerprint density at radius 1 is 1.25 bits per heavy atom. The third-order valence-electron chi connectivity index (χ3n) is 2.10. The van der Waals surface area contributed by atoms with E-state index in [2.05, 4.69) is 0 Å². The Hall–Kier alpha value is -0.0700. The summed E-state index contributed by atoms with van der Waals surface area (Å²) in [6.45, 7) is 5.67. The van der Waals surface area contributed by atoms with E-state index in [1.165, 1.54) is 12.1 Å². The minimum atomic E-state index is -4.62. The minimum absolute atomic E-state index is 0. The van der Waals surface area contributed by atoms with E-state index in [0.717, 1.165) is 0 Å². The van der Waals surface area contributed by atoms with E-state index in [1.807, 2.05) is 20.8 Å². The van der Waals surface area contributed by atoms with E-state index in [0.29, 0.717) is 5.56 Å². The summed E-state index contributed by atoms with van der Waals surface area (Å²) in [5.41, 5.74) is 0.419. The summed E-state index contributed by atoms with van der Waals surface area (Å²) in [5.74, 6) is -0.502. The first-order valence-electron chi connectivity index (χ1n) is 4.42. The first kappa shape index (κ1) is 15.9. The predicted octanol–water partition coefficient (Wildman–Crippen LogP) is -1.40. The van der Waals surface area contributed by atoms with Crippen LogP contribution in [0.2, 0.25) is 0 Å². The normalized spacial score (nSPS) is 12.0. The van der Waals surface area contributed by atoms with Gasteiger partial charge in [0, 0.05) is 0 Å². The molecule has 0 unspecified atom stereocenters. The summed E-state index contributed by atoms with van der Waals surface area (Å²) in [4.78, 5) is -0.560. The van der Waals surface area contributed by atoms with Gasteiger partial charge in [-0.2, -0.15) is 0 Å². The summed E-state index contributed by atoms with van der Waals surface area (Å²) in [5, 5.41) is 9.26. The summed E-state index contributed by atoms with van der Waals surface area (Å²) < 4.78 is 32.5. The van der Waals surface area contributed by atoms with Gasteiger partial charge in [-0.1, -0.05) is 26.8 Å². The number of phenolic OH excluding ortho intramolecular Hbond substituents is 1. The molecule has 0 aliphatic heterocycles. The van der Waals surface area contributed by atoms with E-state index >= 15 is 0 Å². The van der Waals surface area contributed by atoms with Gasteiger partial charge in [-0.3, -0.25) is 0 Å². The quantitative estimate of drug-likeness (QED) is 0.492. The van der Waals surface area contributed by atoms with Gasteiger partial charge in [0.25, 0.3) is 0 Å². The summed E-state index contributed by atoms with van der Waals surface area (Å²) in [7, 11) is -4.62. The molecule has 0 radical (unpaired) electrons. The van der Waals surface area contributed by atoms with Crippen LogP contribution in [-0.2, 0) is 15.5 Å². The zero-order valence-electron chi connectivity index (χ0n) is 9.81. The molecule has 6 heteroatoms. The Balaban J connectivity index is 0.00000225. The molecule has 1 N–H and O–H groups in total. The van der Waals surface area contributed by atoms with Gasteiger partial charge in [-0.15, -0.1) is 0 Å². The number of benzene rings is 1. The second-order valence-electron chi connectivity index (χ2n) is 4.39. The van der Waals surface area contributed by atoms with Crippen molar-refractivity contribution in [3.8, 4) is 5.75 Å². The van der Waals surface area contributed by atoms with Crippen LogP contribution in [0.5, 0.6) is 5.75 Å². The van der Waals surface area contributed by atoms with E-state index < -0.39 is 20.8 Å². The van der Waals surface area contributed by atoms with Gasteiger partial charge in [0.05, 0.1) is 4.90 Å². The Labute approximate surface area is 118 Å². The third kappa shape index (κ3) is 3.75. The molecule has 1 rings (SSSR count). The maximum absolute atomic E-state index is 10.8. The molecule has 0 atom stereocenters. The SMILES string of the molecule is CC(C)(C)c1ccc(O)c(S(=O)(=O)[O-])c1.[Na+]. The molecule has 0 fully saturated rings. The molecule has 0 bridgehead atoms. The molecule has 1 aromatic rings. The van der Waals surface area contributed by atoms with E-state index in [4.69, 9.17) is 0 Å². The van der Waals surface area contributed by atoms with E-state index in [9.17, 15) is 18.1 Å². The third-order valence-corrected chi connectivity index (χ3v) is 2.96. The maximum atomic E-state index is 10.8. The Morgan fingerprint density at radius 2 is 1.75 bits per heavy atom. The number of rotatable bonds is 1. The zero-order valence-corrected chi connectivity index (χ0v) is 12.6. The fourth-order valence-corrected chi connectivity index (χ4v) is 1.78. The average molecular weight is 252 g/mol. The molecule has 0 aliphatic carbocycles. The van der Waals surface area contributed by atoms with Gasteiger partial charge in [0.15, 0.2) is 0 Å². The molecule has 0 amide bonds. The zero-order chi connectivity index (χ0) is 11.9. The fourth-order valence-electron chi connectivity index (χ4n) is 1.18. The fraction of sp³-hybridized carbons (Fsp3) is 0.400. The van der Waals surface area contributed by atoms with Gasteiger partial charge >= 0.3 is 29.6 Å². The van der Waals surface area contributed by atoms with Crippen LogP contribution in [0.3, 0.4) is 0 Å². The number of hydrogen-bond acceptors (Lipinski definition) is 4. The van der Waals surface area contributed by atoms with Crippen LogP contribution in [-0.4, -0.2) is 18.1 Å². The standard InChI is InChI=1S/C10H14O4S.Na/c1-10(2,3)7-4-5-8(11)9(6-7)15(12,13)14;/h4-6,11H,1-3H3,(H,12,13,14);/q;+1/p-1. The van der Waals surface area contributed by atoms with Crippen molar-refractivity contribution in [3.05, 3.63) is 23.8 Å². The molecular weight excluding hydrogens is 239 g/mol. The van der Waals surface area contributed by atoms with Crippen molar-refractivity contribution < 1.29 is 47.6 Å². The molecule has 0 spiro atoms. The molecule has 1 aromatic carbocycles. The number of phenols is 1. The van der Waals surface area contributed by atoms with Crippen LogP contribution in [0.1, 0.15) is 26.3 Å². The van der Waals surface area contributed by atoms with Gasteiger partial charge in [-0.05, 0) is 23.1 Å². The molecule has 16 heavy (non-hydrogen) atoms. The van der Waals surface area contributed by atoms with Crippen molar-refractivity contribution in [1.29, 1.82) is 0 Å². The Bertz CT molecular complexity index is 474. The average Bonchev–Trinajstić information content (AvgIpc) is 2.00. The van der Waals surface area contributed by atoms with Crippen molar-refractivity contribution in [3.63, 3.8) is 0 Å². The molecule has 0 aromatic heterocycles. The Kier molecular flexibility index (Phi) is 5.04. The monoisotopic (exact) mass is 252 g/mol. The topological polar surface area (TPSA) is 77.4 Å². The van der Waals surface area contributed by atoms with E-state index in [-0.39, 0.29) is 35.0 Å². The van der Waals surface area contributed by atoms with Gasteiger partial charge in [0.1, 0.15) is 15.9 Å². The smallest absolute Gasteiger partial charge is 0.744 e. The second kappa shape index (κ2) is 5.06. The van der Waals surface area contributed by atoms with Crippen molar-refractivity contribution in [2.45, 2.75) is 31.1 Å². The first-order valence-corrected chi connectivity index (χ1v) is 5.82. The molecule has 0 aliphatic rings. The van der Waals surface area contributed by atoms with Crippen LogP contribution in [0.25, 0.3) is 0 Å². The molecule has 84 valence electrons. The number of hydrogen-bond donors (Lipinski definition) is 1. The van der Waals surface area contributed by atoms with Crippen LogP contribution in [0.15, 0.2) is 23.1 Å². The van der Waals surface area contributed by atoms with Crippen LogP contribution in [0.4, 0.5) is 0 Å². The van der Waals surface area contributed by atoms with E-state index in [1.54, 1.807) is 6.07 Å². The first-order chi connectivity index (χ1) is 6.62. The second-order valence-corrected chi connectivity index (χ2v) is 5.73. The van der Waals surface area contributed by atoms with Gasteiger partial charge in [0.2, 0.25) is 0 Å². The summed E-state index contributed by atoms with van der Waals surface area (Å²) in [6, 6.07) is 4.05. The van der Waals surface area contributed by atoms with Crippen LogP contribution in [0, 0.1) is 0 Å². The maximum Gasteiger partial charge on any atom is 1.00 e. The summed E-state index contributed by atoms with van der Waals surface area (Å²) >= 11 is 0. The molecule has 4 nitrogen and oxygen atoms in total. The molecule has 0 saturated carbocycles. The Morgan fingerprint density at radius 3 is 2.12 bits per heavy atom. The molecule has 0 heterocycles.